The van der Waals surface area contributed by atoms with E-state index in [4.69, 9.17) is 9.47 Å². The Labute approximate surface area is 147 Å². The topological polar surface area (TPSA) is 66.2 Å². The lowest BCUT2D eigenvalue weighted by Gasteiger charge is -2.31. The molecule has 1 aromatic heterocycles. The number of benzene rings is 2. The van der Waals surface area contributed by atoms with E-state index in [0.717, 1.165) is 0 Å². The molecule has 0 radical (unpaired) electrons. The fourth-order valence-electron chi connectivity index (χ4n) is 3.10. The summed E-state index contributed by atoms with van der Waals surface area (Å²) in [5, 5.41) is 4.06. The molecule has 4 rings (SSSR count). The first-order valence-electron chi connectivity index (χ1n) is 7.80. The molecule has 0 saturated carbocycles. The predicted octanol–water partition coefficient (Wildman–Crippen LogP) is 3.36. The Balaban J connectivity index is 1.85. The second-order valence-electron chi connectivity index (χ2n) is 5.89. The van der Waals surface area contributed by atoms with Gasteiger partial charge in [-0.15, -0.1) is 0 Å². The summed E-state index contributed by atoms with van der Waals surface area (Å²) >= 11 is 0. The molecule has 0 aliphatic carbocycles. The number of hydrogen-bond donors (Lipinski definition) is 0. The highest BCUT2D eigenvalue weighted by Gasteiger charge is 2.54. The van der Waals surface area contributed by atoms with Gasteiger partial charge in [-0.2, -0.15) is 5.10 Å². The molecule has 3 aromatic rings. The van der Waals surface area contributed by atoms with Crippen molar-refractivity contribution in [1.82, 2.24) is 14.8 Å². The molecular weight excluding hydrogens is 344 g/mol. The van der Waals surface area contributed by atoms with Gasteiger partial charge in [0.05, 0.1) is 6.54 Å². The molecule has 1 saturated heterocycles. The third kappa shape index (κ3) is 2.79. The lowest BCUT2D eigenvalue weighted by Crippen LogP contribution is -2.37. The standard InChI is InChI=1S/C18H13F2N3O3/c19-14-5-1-12(2-6-14)16-18(26-17(24)25-16,9-23-11-21-10-22-23)13-3-7-15(20)8-4-13/h1-8,10-11,16H,9H2/t16-,18-/m1/s1. The molecule has 6 nitrogen and oxygen atoms in total. The molecule has 132 valence electrons. The summed E-state index contributed by atoms with van der Waals surface area (Å²) < 4.78 is 39.2. The first-order chi connectivity index (χ1) is 12.6. The third-order valence-electron chi connectivity index (χ3n) is 4.27. The van der Waals surface area contributed by atoms with E-state index in [1.807, 2.05) is 0 Å². The van der Waals surface area contributed by atoms with Crippen LogP contribution in [0, 0.1) is 11.6 Å². The summed E-state index contributed by atoms with van der Waals surface area (Å²) in [5.41, 5.74) is -0.243. The second kappa shape index (κ2) is 6.21. The lowest BCUT2D eigenvalue weighted by molar-refractivity contribution is 0.00347. The van der Waals surface area contributed by atoms with Gasteiger partial charge < -0.3 is 9.47 Å². The maximum absolute atomic E-state index is 13.4. The van der Waals surface area contributed by atoms with E-state index in [1.165, 1.54) is 65.9 Å². The Hall–Kier alpha value is -3.29. The van der Waals surface area contributed by atoms with Crippen molar-refractivity contribution in [2.24, 2.45) is 0 Å². The maximum Gasteiger partial charge on any atom is 0.510 e. The van der Waals surface area contributed by atoms with Crippen LogP contribution in [-0.4, -0.2) is 20.9 Å². The summed E-state index contributed by atoms with van der Waals surface area (Å²) in [7, 11) is 0. The summed E-state index contributed by atoms with van der Waals surface area (Å²) in [5.74, 6) is -0.837. The number of carbonyl (C=O) groups excluding carboxylic acids is 1. The molecule has 0 amide bonds. The minimum absolute atomic E-state index is 0.0897. The van der Waals surface area contributed by atoms with Crippen molar-refractivity contribution in [3.63, 3.8) is 0 Å². The van der Waals surface area contributed by atoms with E-state index >= 15 is 0 Å². The Kier molecular flexibility index (Phi) is 3.87. The van der Waals surface area contributed by atoms with E-state index < -0.39 is 29.5 Å². The number of aromatic nitrogens is 3. The van der Waals surface area contributed by atoms with Crippen LogP contribution in [0.25, 0.3) is 0 Å². The van der Waals surface area contributed by atoms with Gasteiger partial charge in [0, 0.05) is 5.56 Å². The van der Waals surface area contributed by atoms with E-state index in [0.29, 0.717) is 11.1 Å². The summed E-state index contributed by atoms with van der Waals surface area (Å²) in [6.07, 6.45) is 1.08. The highest BCUT2D eigenvalue weighted by molar-refractivity contribution is 5.65. The van der Waals surface area contributed by atoms with Crippen LogP contribution < -0.4 is 0 Å². The number of halogens is 2. The summed E-state index contributed by atoms with van der Waals surface area (Å²) in [6.45, 7) is 0.0897. The molecule has 0 spiro atoms. The van der Waals surface area contributed by atoms with Crippen LogP contribution in [-0.2, 0) is 21.6 Å². The third-order valence-corrected chi connectivity index (χ3v) is 4.27. The number of cyclic esters (lactones) is 2. The van der Waals surface area contributed by atoms with Crippen molar-refractivity contribution >= 4 is 6.16 Å². The Bertz CT molecular complexity index is 914. The number of nitrogens with zero attached hydrogens (tertiary/aromatic N) is 3. The van der Waals surface area contributed by atoms with Gasteiger partial charge in [-0.3, -0.25) is 0 Å². The van der Waals surface area contributed by atoms with Crippen LogP contribution >= 0.6 is 0 Å². The fraction of sp³-hybridized carbons (Fsp3) is 0.167. The SMILES string of the molecule is O=C1O[C@H](c2ccc(F)cc2)[C@@](Cn2cncn2)(c2ccc(F)cc2)O1. The molecule has 26 heavy (non-hydrogen) atoms. The number of rotatable bonds is 4. The van der Waals surface area contributed by atoms with Crippen LogP contribution in [0.2, 0.25) is 0 Å². The van der Waals surface area contributed by atoms with Crippen molar-refractivity contribution in [3.05, 3.63) is 83.9 Å². The van der Waals surface area contributed by atoms with Gasteiger partial charge in [0.2, 0.25) is 5.60 Å². The number of hydrogen-bond acceptors (Lipinski definition) is 5. The quantitative estimate of drug-likeness (QED) is 0.670. The van der Waals surface area contributed by atoms with Crippen molar-refractivity contribution in [2.75, 3.05) is 0 Å². The smallest absolute Gasteiger partial charge is 0.421 e. The molecule has 2 atom stereocenters. The molecule has 2 heterocycles. The molecule has 0 bridgehead atoms. The second-order valence-corrected chi connectivity index (χ2v) is 5.89. The van der Waals surface area contributed by atoms with E-state index in [-0.39, 0.29) is 6.54 Å². The van der Waals surface area contributed by atoms with Crippen LogP contribution in [0.4, 0.5) is 13.6 Å². The average Bonchev–Trinajstić information content (AvgIpc) is 3.25. The Morgan fingerprint density at radius 1 is 1.04 bits per heavy atom. The van der Waals surface area contributed by atoms with Gasteiger partial charge in [0.15, 0.2) is 6.10 Å². The van der Waals surface area contributed by atoms with Crippen LogP contribution in [0.15, 0.2) is 61.2 Å². The average molecular weight is 357 g/mol. The highest BCUT2D eigenvalue weighted by Crippen LogP contribution is 2.47. The Morgan fingerprint density at radius 2 is 1.69 bits per heavy atom. The van der Waals surface area contributed by atoms with Crippen LogP contribution in [0.3, 0.4) is 0 Å². The monoisotopic (exact) mass is 357 g/mol. The molecule has 8 heteroatoms. The van der Waals surface area contributed by atoms with Crippen LogP contribution in [0.1, 0.15) is 17.2 Å². The zero-order valence-corrected chi connectivity index (χ0v) is 13.4. The van der Waals surface area contributed by atoms with E-state index in [1.54, 1.807) is 0 Å². The van der Waals surface area contributed by atoms with Gasteiger partial charge in [-0.05, 0) is 29.8 Å². The lowest BCUT2D eigenvalue weighted by atomic mass is 9.84. The maximum atomic E-state index is 13.4. The van der Waals surface area contributed by atoms with Gasteiger partial charge in [0.1, 0.15) is 24.3 Å². The molecule has 1 aliphatic heterocycles. The summed E-state index contributed by atoms with van der Waals surface area (Å²) in [6, 6.07) is 11.1. The molecule has 0 unspecified atom stereocenters. The minimum Gasteiger partial charge on any atom is -0.421 e. The molecule has 1 fully saturated rings. The van der Waals surface area contributed by atoms with E-state index in [9.17, 15) is 13.6 Å². The zero-order valence-electron chi connectivity index (χ0n) is 13.4. The van der Waals surface area contributed by atoms with Crippen molar-refractivity contribution in [3.8, 4) is 0 Å². The highest BCUT2D eigenvalue weighted by atomic mass is 19.1. The predicted molar refractivity (Wildman–Crippen MR) is 84.8 cm³/mol. The molecule has 2 aromatic carbocycles. The van der Waals surface area contributed by atoms with Crippen molar-refractivity contribution in [2.45, 2.75) is 18.2 Å². The van der Waals surface area contributed by atoms with Gasteiger partial charge >= 0.3 is 6.16 Å². The fourth-order valence-corrected chi connectivity index (χ4v) is 3.10. The van der Waals surface area contributed by atoms with Gasteiger partial charge in [-0.25, -0.2) is 23.2 Å². The minimum atomic E-state index is -1.31. The normalized spacial score (nSPS) is 22.1. The first-order valence-corrected chi connectivity index (χ1v) is 7.80. The zero-order chi connectivity index (χ0) is 18.1. The largest absolute Gasteiger partial charge is 0.510 e. The molecule has 0 N–H and O–H groups in total. The Morgan fingerprint density at radius 3 is 2.31 bits per heavy atom. The van der Waals surface area contributed by atoms with Crippen LogP contribution in [0.5, 0.6) is 0 Å². The van der Waals surface area contributed by atoms with Gasteiger partial charge in [-0.1, -0.05) is 24.3 Å². The molecule has 1 aliphatic rings. The van der Waals surface area contributed by atoms with Crippen molar-refractivity contribution < 1.29 is 23.0 Å². The number of carbonyl (C=O) groups is 1. The van der Waals surface area contributed by atoms with Crippen molar-refractivity contribution in [1.29, 1.82) is 0 Å². The van der Waals surface area contributed by atoms with Gasteiger partial charge in [0.25, 0.3) is 0 Å². The van der Waals surface area contributed by atoms with E-state index in [2.05, 4.69) is 10.1 Å². The molecular formula is C18H13F2N3O3. The number of ether oxygens (including phenoxy) is 2. The summed E-state index contributed by atoms with van der Waals surface area (Å²) in [4.78, 5) is 15.9. The first kappa shape index (κ1) is 16.2.